The first-order chi connectivity index (χ1) is 7.85. The van der Waals surface area contributed by atoms with Gasteiger partial charge in [-0.2, -0.15) is 0 Å². The molecule has 1 aromatic heterocycles. The number of ether oxygens (including phenoxy) is 1. The summed E-state index contributed by atoms with van der Waals surface area (Å²) < 4.78 is 7.76. The van der Waals surface area contributed by atoms with Gasteiger partial charge in [-0.3, -0.25) is 0 Å². The molecular weight excluding hydrogens is 200 g/mol. The first kappa shape index (κ1) is 9.73. The number of methoxy groups -OCH3 is 1. The average Bonchev–Trinajstić information content (AvgIpc) is 3.10. The summed E-state index contributed by atoms with van der Waals surface area (Å²) in [4.78, 5) is 0. The zero-order valence-electron chi connectivity index (χ0n) is 9.44. The molecule has 1 fully saturated rings. The topological polar surface area (TPSA) is 40.2 Å². The molecule has 0 unspecified atom stereocenters. The first-order valence-corrected chi connectivity index (χ1v) is 5.71. The minimum Gasteiger partial charge on any atom is -0.496 e. The van der Waals surface area contributed by atoms with Crippen molar-refractivity contribution in [1.29, 1.82) is 0 Å². The van der Waals surface area contributed by atoms with Gasteiger partial charge < -0.3 is 15.0 Å². The van der Waals surface area contributed by atoms with Crippen LogP contribution in [0.15, 0.2) is 24.4 Å². The van der Waals surface area contributed by atoms with Crippen molar-refractivity contribution in [3.05, 3.63) is 30.0 Å². The van der Waals surface area contributed by atoms with E-state index in [4.69, 9.17) is 10.5 Å². The second-order valence-corrected chi connectivity index (χ2v) is 4.35. The molecule has 0 bridgehead atoms. The van der Waals surface area contributed by atoms with Gasteiger partial charge in [-0.1, -0.05) is 6.07 Å². The largest absolute Gasteiger partial charge is 0.496 e. The van der Waals surface area contributed by atoms with Gasteiger partial charge in [0.2, 0.25) is 0 Å². The molecule has 16 heavy (non-hydrogen) atoms. The lowest BCUT2D eigenvalue weighted by atomic mass is 10.1. The van der Waals surface area contributed by atoms with Gasteiger partial charge in [-0.25, -0.2) is 0 Å². The Morgan fingerprint density at radius 3 is 2.88 bits per heavy atom. The van der Waals surface area contributed by atoms with Gasteiger partial charge in [0.05, 0.1) is 12.6 Å². The second-order valence-electron chi connectivity index (χ2n) is 4.35. The third-order valence-corrected chi connectivity index (χ3v) is 3.28. The maximum Gasteiger partial charge on any atom is 0.128 e. The zero-order chi connectivity index (χ0) is 11.1. The molecule has 2 N–H and O–H groups in total. The predicted octanol–water partition coefficient (Wildman–Crippen LogP) is 2.44. The molecule has 3 rings (SSSR count). The van der Waals surface area contributed by atoms with E-state index in [2.05, 4.69) is 16.8 Å². The van der Waals surface area contributed by atoms with Gasteiger partial charge in [-0.05, 0) is 30.5 Å². The molecule has 1 saturated carbocycles. The summed E-state index contributed by atoms with van der Waals surface area (Å²) in [5.74, 6) is 0.928. The van der Waals surface area contributed by atoms with Crippen molar-refractivity contribution in [2.45, 2.75) is 25.4 Å². The van der Waals surface area contributed by atoms with Crippen LogP contribution < -0.4 is 10.5 Å². The average molecular weight is 216 g/mol. The molecule has 3 nitrogen and oxygen atoms in total. The molecule has 0 atom stereocenters. The molecule has 0 radical (unpaired) electrons. The summed E-state index contributed by atoms with van der Waals surface area (Å²) in [5, 5.41) is 1.18. The Hall–Kier alpha value is -1.48. The molecule has 1 aliphatic rings. The Morgan fingerprint density at radius 1 is 1.44 bits per heavy atom. The van der Waals surface area contributed by atoms with Crippen LogP contribution in [0.1, 0.15) is 24.4 Å². The van der Waals surface area contributed by atoms with Crippen LogP contribution >= 0.6 is 0 Å². The normalized spacial score (nSPS) is 15.6. The lowest BCUT2D eigenvalue weighted by Crippen LogP contribution is -1.95. The van der Waals surface area contributed by atoms with Crippen molar-refractivity contribution >= 4 is 10.9 Å². The molecule has 2 aromatic rings. The molecule has 1 heterocycles. The molecule has 3 heteroatoms. The number of nitrogens with two attached hydrogens (primary N) is 1. The molecule has 0 aliphatic heterocycles. The number of nitrogens with zero attached hydrogens (tertiary/aromatic N) is 1. The summed E-state index contributed by atoms with van der Waals surface area (Å²) in [6.45, 7) is 0.566. The summed E-state index contributed by atoms with van der Waals surface area (Å²) >= 11 is 0. The Balaban J connectivity index is 2.30. The number of fused-ring (bicyclic) bond motifs is 1. The van der Waals surface area contributed by atoms with Gasteiger partial charge in [0.1, 0.15) is 5.75 Å². The highest BCUT2D eigenvalue weighted by atomic mass is 16.5. The van der Waals surface area contributed by atoms with E-state index < -0.39 is 0 Å². The van der Waals surface area contributed by atoms with Gasteiger partial charge in [0, 0.05) is 24.2 Å². The van der Waals surface area contributed by atoms with Crippen molar-refractivity contribution in [3.8, 4) is 5.75 Å². The SMILES string of the molecule is COc1cccc2c1c(CN)cn2C1CC1. The van der Waals surface area contributed by atoms with Crippen molar-refractivity contribution in [2.24, 2.45) is 5.73 Å². The van der Waals surface area contributed by atoms with Crippen molar-refractivity contribution < 1.29 is 4.74 Å². The van der Waals surface area contributed by atoms with E-state index in [1.165, 1.54) is 29.3 Å². The fraction of sp³-hybridized carbons (Fsp3) is 0.385. The van der Waals surface area contributed by atoms with Crippen LogP contribution in [-0.4, -0.2) is 11.7 Å². The van der Waals surface area contributed by atoms with E-state index in [0.717, 1.165) is 5.75 Å². The molecule has 84 valence electrons. The van der Waals surface area contributed by atoms with E-state index in [9.17, 15) is 0 Å². The Bertz CT molecular complexity index is 526. The maximum absolute atomic E-state index is 5.80. The second kappa shape index (κ2) is 3.52. The Kier molecular flexibility index (Phi) is 2.14. The van der Waals surface area contributed by atoms with Crippen LogP contribution in [-0.2, 0) is 6.54 Å². The van der Waals surface area contributed by atoms with Gasteiger partial charge in [0.25, 0.3) is 0 Å². The minimum atomic E-state index is 0.566. The summed E-state index contributed by atoms with van der Waals surface area (Å²) in [6, 6.07) is 6.86. The highest BCUT2D eigenvalue weighted by Crippen LogP contribution is 2.40. The molecule has 0 saturated heterocycles. The number of hydrogen-bond donors (Lipinski definition) is 1. The molecule has 1 aromatic carbocycles. The van der Waals surface area contributed by atoms with E-state index in [-0.39, 0.29) is 0 Å². The first-order valence-electron chi connectivity index (χ1n) is 5.71. The van der Waals surface area contributed by atoms with Crippen LogP contribution in [0.3, 0.4) is 0 Å². The monoisotopic (exact) mass is 216 g/mol. The third-order valence-electron chi connectivity index (χ3n) is 3.28. The molecule has 0 spiro atoms. The smallest absolute Gasteiger partial charge is 0.128 e. The van der Waals surface area contributed by atoms with Gasteiger partial charge in [0.15, 0.2) is 0 Å². The van der Waals surface area contributed by atoms with Gasteiger partial charge >= 0.3 is 0 Å². The highest BCUT2D eigenvalue weighted by Gasteiger charge is 2.26. The quantitative estimate of drug-likeness (QED) is 0.856. The fourth-order valence-electron chi connectivity index (χ4n) is 2.34. The van der Waals surface area contributed by atoms with E-state index in [0.29, 0.717) is 12.6 Å². The highest BCUT2D eigenvalue weighted by molar-refractivity contribution is 5.90. The van der Waals surface area contributed by atoms with Gasteiger partial charge in [-0.15, -0.1) is 0 Å². The Labute approximate surface area is 94.8 Å². The molecular formula is C13H16N2O. The minimum absolute atomic E-state index is 0.566. The number of hydrogen-bond acceptors (Lipinski definition) is 2. The van der Waals surface area contributed by atoms with Crippen LogP contribution in [0.2, 0.25) is 0 Å². The van der Waals surface area contributed by atoms with Crippen LogP contribution in [0.25, 0.3) is 10.9 Å². The van der Waals surface area contributed by atoms with E-state index >= 15 is 0 Å². The summed E-state index contributed by atoms with van der Waals surface area (Å²) in [7, 11) is 1.71. The summed E-state index contributed by atoms with van der Waals surface area (Å²) in [6.07, 6.45) is 4.75. The number of benzene rings is 1. The Morgan fingerprint density at radius 2 is 2.25 bits per heavy atom. The van der Waals surface area contributed by atoms with Crippen LogP contribution in [0.5, 0.6) is 5.75 Å². The van der Waals surface area contributed by atoms with Crippen molar-refractivity contribution in [3.63, 3.8) is 0 Å². The lowest BCUT2D eigenvalue weighted by molar-refractivity contribution is 0.419. The van der Waals surface area contributed by atoms with Crippen molar-refractivity contribution in [2.75, 3.05) is 7.11 Å². The number of aromatic nitrogens is 1. The van der Waals surface area contributed by atoms with Crippen molar-refractivity contribution in [1.82, 2.24) is 4.57 Å². The van der Waals surface area contributed by atoms with E-state index in [1.807, 2.05) is 12.1 Å². The third kappa shape index (κ3) is 1.32. The van der Waals surface area contributed by atoms with Crippen LogP contribution in [0.4, 0.5) is 0 Å². The lowest BCUT2D eigenvalue weighted by Gasteiger charge is -2.05. The standard InChI is InChI=1S/C13H16N2O/c1-16-12-4-2-3-11-13(12)9(7-14)8-15(11)10-5-6-10/h2-4,8,10H,5-7,14H2,1H3. The maximum atomic E-state index is 5.80. The predicted molar refractivity (Wildman–Crippen MR) is 64.7 cm³/mol. The molecule has 1 aliphatic carbocycles. The molecule has 0 amide bonds. The van der Waals surface area contributed by atoms with Crippen LogP contribution in [0, 0.1) is 0 Å². The zero-order valence-corrected chi connectivity index (χ0v) is 9.44. The van der Waals surface area contributed by atoms with E-state index in [1.54, 1.807) is 7.11 Å². The summed E-state index contributed by atoms with van der Waals surface area (Å²) in [5.41, 5.74) is 8.24. The number of rotatable bonds is 3. The fourth-order valence-corrected chi connectivity index (χ4v) is 2.34.